The van der Waals surface area contributed by atoms with Crippen molar-refractivity contribution >= 4 is 57.6 Å². The molecule has 1 aromatic heterocycles. The predicted octanol–water partition coefficient (Wildman–Crippen LogP) is 7.04. The van der Waals surface area contributed by atoms with Gasteiger partial charge in [0.15, 0.2) is 0 Å². The maximum atomic E-state index is 13.1. The smallest absolute Gasteiger partial charge is 0.341 e. The number of hydrogen-bond donors (Lipinski definition) is 3. The van der Waals surface area contributed by atoms with Gasteiger partial charge in [0.2, 0.25) is 11.3 Å². The molecule has 4 aromatic carbocycles. The largest absolute Gasteiger partial charge is 0.477 e. The van der Waals surface area contributed by atoms with Crippen LogP contribution in [0.3, 0.4) is 0 Å². The zero-order chi connectivity index (χ0) is 32.2. The van der Waals surface area contributed by atoms with E-state index in [2.05, 4.69) is 29.7 Å². The highest BCUT2D eigenvalue weighted by atomic mass is 35.5. The molecule has 10 heteroatoms. The Morgan fingerprint density at radius 3 is 2.11 bits per heavy atom. The van der Waals surface area contributed by atoms with Gasteiger partial charge >= 0.3 is 5.97 Å². The van der Waals surface area contributed by atoms with E-state index < -0.39 is 34.8 Å². The monoisotopic (exact) mass is 641 g/mol. The molecule has 45 heavy (non-hydrogen) atoms. The van der Waals surface area contributed by atoms with E-state index in [1.807, 2.05) is 24.3 Å². The summed E-state index contributed by atoms with van der Waals surface area (Å²) in [6.45, 7) is 3.86. The molecule has 0 fully saturated rings. The number of amides is 2. The van der Waals surface area contributed by atoms with Gasteiger partial charge in [-0.25, -0.2) is 4.79 Å². The summed E-state index contributed by atoms with van der Waals surface area (Å²) in [4.78, 5) is 50.9. The van der Waals surface area contributed by atoms with Crippen LogP contribution in [0.5, 0.6) is 0 Å². The van der Waals surface area contributed by atoms with Crippen molar-refractivity contribution in [3.8, 4) is 11.1 Å². The summed E-state index contributed by atoms with van der Waals surface area (Å²) in [7, 11) is 0. The lowest BCUT2D eigenvalue weighted by molar-refractivity contribution is -0.117. The highest BCUT2D eigenvalue weighted by Crippen LogP contribution is 2.25. The third-order valence-corrected chi connectivity index (χ3v) is 8.24. The standard InChI is InChI=1S/C35H29Cl2N3O5/c1-3-21-4-7-23(8-5-21)24-9-11-25(12-10-24)34(43)38-20(2)33(42)39-26-13-15-31-27(17-26)32(41)28(35(44)45)19-40(31)18-22-6-14-29(36)30(37)16-22/h4-17,19-20H,3,18H2,1-2H3,(H,38,43)(H,39,42)(H,44,45)/t20-/m0/s1. The first-order valence-corrected chi connectivity index (χ1v) is 14.9. The van der Waals surface area contributed by atoms with E-state index in [0.717, 1.165) is 23.1 Å². The maximum Gasteiger partial charge on any atom is 0.341 e. The van der Waals surface area contributed by atoms with Crippen LogP contribution in [0.25, 0.3) is 22.0 Å². The SMILES string of the molecule is CCc1ccc(-c2ccc(C(=O)N[C@@H](C)C(=O)Nc3ccc4c(c3)c(=O)c(C(=O)O)cn4Cc3ccc(Cl)c(Cl)c3)cc2)cc1. The minimum absolute atomic E-state index is 0.105. The van der Waals surface area contributed by atoms with E-state index in [9.17, 15) is 24.3 Å². The van der Waals surface area contributed by atoms with Gasteiger partial charge in [-0.1, -0.05) is 72.6 Å². The van der Waals surface area contributed by atoms with Crippen LogP contribution in [0.1, 0.15) is 45.7 Å². The molecule has 2 amide bonds. The molecule has 0 aliphatic rings. The summed E-state index contributed by atoms with van der Waals surface area (Å²) < 4.78 is 1.62. The number of carboxylic acid groups (broad SMARTS) is 1. The highest BCUT2D eigenvalue weighted by Gasteiger charge is 2.19. The van der Waals surface area contributed by atoms with Gasteiger partial charge in [0.05, 0.1) is 15.6 Å². The fourth-order valence-corrected chi connectivity index (χ4v) is 5.26. The number of anilines is 1. The minimum atomic E-state index is -1.38. The van der Waals surface area contributed by atoms with Crippen LogP contribution in [-0.4, -0.2) is 33.5 Å². The summed E-state index contributed by atoms with van der Waals surface area (Å²) in [6.07, 6.45) is 2.23. The zero-order valence-corrected chi connectivity index (χ0v) is 25.9. The van der Waals surface area contributed by atoms with E-state index >= 15 is 0 Å². The number of carbonyl (C=O) groups is 3. The van der Waals surface area contributed by atoms with Crippen molar-refractivity contribution in [3.63, 3.8) is 0 Å². The highest BCUT2D eigenvalue weighted by molar-refractivity contribution is 6.42. The van der Waals surface area contributed by atoms with Crippen molar-refractivity contribution in [1.82, 2.24) is 9.88 Å². The van der Waals surface area contributed by atoms with E-state index in [1.165, 1.54) is 17.8 Å². The molecule has 3 N–H and O–H groups in total. The Bertz CT molecular complexity index is 1990. The second-order valence-corrected chi connectivity index (χ2v) is 11.4. The first-order valence-electron chi connectivity index (χ1n) is 14.2. The van der Waals surface area contributed by atoms with Gasteiger partial charge in [0.1, 0.15) is 11.6 Å². The zero-order valence-electron chi connectivity index (χ0n) is 24.4. The molecule has 0 saturated heterocycles. The van der Waals surface area contributed by atoms with Crippen molar-refractivity contribution in [3.05, 3.63) is 134 Å². The molecular formula is C35H29Cl2N3O5. The first-order chi connectivity index (χ1) is 21.5. The molecule has 0 aliphatic heterocycles. The summed E-state index contributed by atoms with van der Waals surface area (Å²) in [5.41, 5.74) is 4.02. The summed E-state index contributed by atoms with van der Waals surface area (Å²) >= 11 is 12.2. The number of nitrogens with zero attached hydrogens (tertiary/aromatic N) is 1. The normalized spacial score (nSPS) is 11.6. The van der Waals surface area contributed by atoms with Crippen LogP contribution in [0.2, 0.25) is 10.0 Å². The number of pyridine rings is 1. The van der Waals surface area contributed by atoms with Crippen LogP contribution in [0, 0.1) is 0 Å². The number of halogens is 2. The van der Waals surface area contributed by atoms with Crippen LogP contribution in [0.15, 0.2) is 95.9 Å². The molecule has 0 bridgehead atoms. The van der Waals surface area contributed by atoms with Gasteiger partial charge in [-0.05, 0) is 78.1 Å². The minimum Gasteiger partial charge on any atom is -0.477 e. The second kappa shape index (κ2) is 13.4. The molecule has 0 unspecified atom stereocenters. The van der Waals surface area contributed by atoms with Crippen molar-refractivity contribution in [2.75, 3.05) is 5.32 Å². The predicted molar refractivity (Wildman–Crippen MR) is 178 cm³/mol. The number of rotatable bonds is 9. The lowest BCUT2D eigenvalue weighted by Gasteiger charge is -2.16. The quantitative estimate of drug-likeness (QED) is 0.160. The summed E-state index contributed by atoms with van der Waals surface area (Å²) in [5.74, 6) is -2.31. The van der Waals surface area contributed by atoms with Gasteiger partial charge in [-0.3, -0.25) is 14.4 Å². The molecule has 8 nitrogen and oxygen atoms in total. The summed E-state index contributed by atoms with van der Waals surface area (Å²) in [6, 6.07) is 24.1. The van der Waals surface area contributed by atoms with Crippen molar-refractivity contribution in [2.45, 2.75) is 32.9 Å². The molecule has 228 valence electrons. The van der Waals surface area contributed by atoms with Crippen molar-refractivity contribution < 1.29 is 19.5 Å². The van der Waals surface area contributed by atoms with E-state index in [-0.39, 0.29) is 17.6 Å². The number of carboxylic acids is 1. The Morgan fingerprint density at radius 1 is 0.844 bits per heavy atom. The number of aromatic nitrogens is 1. The van der Waals surface area contributed by atoms with Gasteiger partial charge < -0.3 is 20.3 Å². The van der Waals surface area contributed by atoms with E-state index in [1.54, 1.807) is 54.0 Å². The average Bonchev–Trinajstić information content (AvgIpc) is 3.04. The third-order valence-electron chi connectivity index (χ3n) is 7.50. The van der Waals surface area contributed by atoms with E-state index in [0.29, 0.717) is 21.1 Å². The Balaban J connectivity index is 1.31. The summed E-state index contributed by atoms with van der Waals surface area (Å²) in [5, 5.41) is 15.9. The van der Waals surface area contributed by atoms with Crippen LogP contribution in [0.4, 0.5) is 5.69 Å². The molecule has 1 heterocycles. The number of nitrogens with one attached hydrogen (secondary N) is 2. The fraction of sp³-hybridized carbons (Fsp3) is 0.143. The molecule has 0 aliphatic carbocycles. The van der Waals surface area contributed by atoms with Crippen LogP contribution >= 0.6 is 23.2 Å². The van der Waals surface area contributed by atoms with Crippen LogP contribution < -0.4 is 16.1 Å². The number of fused-ring (bicyclic) bond motifs is 1. The lowest BCUT2D eigenvalue weighted by Crippen LogP contribution is -2.41. The fourth-order valence-electron chi connectivity index (χ4n) is 4.94. The number of aromatic carboxylic acids is 1. The second-order valence-electron chi connectivity index (χ2n) is 10.6. The van der Waals surface area contributed by atoms with Crippen molar-refractivity contribution in [2.24, 2.45) is 0 Å². The molecule has 0 radical (unpaired) electrons. The Labute approximate surface area is 269 Å². The van der Waals surface area contributed by atoms with E-state index in [4.69, 9.17) is 23.2 Å². The third kappa shape index (κ3) is 7.09. The average molecular weight is 643 g/mol. The molecule has 5 rings (SSSR count). The topological polar surface area (TPSA) is 118 Å². The maximum absolute atomic E-state index is 13.1. The Hall–Kier alpha value is -4.92. The van der Waals surface area contributed by atoms with Crippen molar-refractivity contribution in [1.29, 1.82) is 0 Å². The molecule has 1 atom stereocenters. The number of benzene rings is 4. The van der Waals surface area contributed by atoms with Gasteiger partial charge in [-0.15, -0.1) is 0 Å². The first kappa shape index (κ1) is 31.5. The molecule has 0 saturated carbocycles. The number of aryl methyl sites for hydroxylation is 1. The van der Waals surface area contributed by atoms with Gasteiger partial charge in [0.25, 0.3) is 5.91 Å². The number of carbonyl (C=O) groups excluding carboxylic acids is 2. The number of hydrogen-bond acceptors (Lipinski definition) is 4. The van der Waals surface area contributed by atoms with Crippen LogP contribution in [-0.2, 0) is 17.8 Å². The molecular weight excluding hydrogens is 613 g/mol. The van der Waals surface area contributed by atoms with Gasteiger partial charge in [0, 0.05) is 29.4 Å². The lowest BCUT2D eigenvalue weighted by atomic mass is 10.0. The molecule has 0 spiro atoms. The Kier molecular flexibility index (Phi) is 9.37. The molecule has 5 aromatic rings. The Morgan fingerprint density at radius 2 is 1.49 bits per heavy atom. The van der Waals surface area contributed by atoms with Gasteiger partial charge in [-0.2, -0.15) is 0 Å².